The molecule has 184 valence electrons. The van der Waals surface area contributed by atoms with Gasteiger partial charge in [0.25, 0.3) is 0 Å². The standard InChI is InChI=1S/C30H37N2O2S/c33-30(24-10-4-1-5-11-24,25-12-6-2-7-13-25)29-20-26(34-31-29)21-32-18-16-23(17-19-32)28(22-32)35-27-14-8-3-9-15-27/h1,3-5,8-11,14-15,20,23,25,28,33H,2,6-7,12-13,16-19,21-22H2/q+1. The molecular formula is C30H37N2O2S+. The van der Waals surface area contributed by atoms with E-state index >= 15 is 0 Å². The molecule has 4 heterocycles. The maximum absolute atomic E-state index is 12.2. The molecule has 1 N–H and O–H groups in total. The van der Waals surface area contributed by atoms with Crippen LogP contribution in [0.25, 0.3) is 0 Å². The first-order valence-corrected chi connectivity index (χ1v) is 14.3. The minimum absolute atomic E-state index is 0.182. The monoisotopic (exact) mass is 489 g/mol. The van der Waals surface area contributed by atoms with E-state index in [0.717, 1.165) is 41.1 Å². The molecule has 2 bridgehead atoms. The van der Waals surface area contributed by atoms with Crippen LogP contribution >= 0.6 is 11.8 Å². The third-order valence-corrected chi connectivity index (χ3v) is 10.3. The summed E-state index contributed by atoms with van der Waals surface area (Å²) in [4.78, 5) is 1.38. The van der Waals surface area contributed by atoms with Crippen molar-refractivity contribution in [1.29, 1.82) is 0 Å². The van der Waals surface area contributed by atoms with Crippen molar-refractivity contribution in [2.24, 2.45) is 11.8 Å². The molecule has 7 rings (SSSR count). The highest BCUT2D eigenvalue weighted by Gasteiger charge is 2.48. The Hall–Kier alpha value is -2.08. The minimum Gasteiger partial charge on any atom is -0.378 e. The predicted molar refractivity (Wildman–Crippen MR) is 140 cm³/mol. The van der Waals surface area contributed by atoms with Crippen molar-refractivity contribution in [3.63, 3.8) is 0 Å². The summed E-state index contributed by atoms with van der Waals surface area (Å²) in [6.45, 7) is 4.50. The maximum atomic E-state index is 12.2. The van der Waals surface area contributed by atoms with E-state index in [1.54, 1.807) is 0 Å². The number of fused-ring (bicyclic) bond motifs is 3. The lowest BCUT2D eigenvalue weighted by Crippen LogP contribution is -2.62. The molecule has 35 heavy (non-hydrogen) atoms. The van der Waals surface area contributed by atoms with Gasteiger partial charge in [-0.2, -0.15) is 0 Å². The number of thioether (sulfide) groups is 1. The summed E-state index contributed by atoms with van der Waals surface area (Å²) in [5.74, 6) is 1.93. The second kappa shape index (κ2) is 9.76. The number of aromatic nitrogens is 1. The van der Waals surface area contributed by atoms with Crippen LogP contribution in [0.4, 0.5) is 0 Å². The summed E-state index contributed by atoms with van der Waals surface area (Å²) in [5.41, 5.74) is 0.562. The zero-order valence-corrected chi connectivity index (χ0v) is 21.3. The number of rotatable bonds is 7. The van der Waals surface area contributed by atoms with E-state index in [9.17, 15) is 5.11 Å². The Morgan fingerprint density at radius 2 is 1.60 bits per heavy atom. The van der Waals surface area contributed by atoms with Crippen LogP contribution in [-0.4, -0.2) is 39.6 Å². The lowest BCUT2D eigenvalue weighted by atomic mass is 9.71. The number of aliphatic hydroxyl groups is 1. The molecule has 4 fully saturated rings. The minimum atomic E-state index is -1.08. The van der Waals surface area contributed by atoms with Gasteiger partial charge < -0.3 is 14.1 Å². The zero-order chi connectivity index (χ0) is 23.7. The predicted octanol–water partition coefficient (Wildman–Crippen LogP) is 6.39. The largest absolute Gasteiger partial charge is 0.378 e. The third-order valence-electron chi connectivity index (χ3n) is 8.92. The highest BCUT2D eigenvalue weighted by Crippen LogP contribution is 2.45. The van der Waals surface area contributed by atoms with Crippen LogP contribution in [0.5, 0.6) is 0 Å². The SMILES string of the molecule is OC(c1ccccc1)(c1cc(C[N+]23CCC(CC2)C(Sc2ccccc2)C3)on1)C1CCCCC1. The normalized spacial score (nSPS) is 28.6. The summed E-state index contributed by atoms with van der Waals surface area (Å²) in [7, 11) is 0. The molecular weight excluding hydrogens is 452 g/mol. The number of nitrogens with zero attached hydrogens (tertiary/aromatic N) is 2. The summed E-state index contributed by atoms with van der Waals surface area (Å²) >= 11 is 2.06. The average molecular weight is 490 g/mol. The van der Waals surface area contributed by atoms with Crippen LogP contribution in [0.1, 0.15) is 62.0 Å². The van der Waals surface area contributed by atoms with Gasteiger partial charge >= 0.3 is 0 Å². The van der Waals surface area contributed by atoms with E-state index < -0.39 is 5.60 Å². The van der Waals surface area contributed by atoms with Gasteiger partial charge in [0.1, 0.15) is 17.8 Å². The van der Waals surface area contributed by atoms with Crippen molar-refractivity contribution >= 4 is 11.8 Å². The second-order valence-electron chi connectivity index (χ2n) is 11.1. The summed E-state index contributed by atoms with van der Waals surface area (Å²) in [6, 6.07) is 23.1. The second-order valence-corrected chi connectivity index (χ2v) is 12.4. The number of hydrogen-bond acceptors (Lipinski definition) is 4. The van der Waals surface area contributed by atoms with E-state index in [2.05, 4.69) is 53.3 Å². The molecule has 4 aliphatic rings. The van der Waals surface area contributed by atoms with Crippen molar-refractivity contribution in [1.82, 2.24) is 5.16 Å². The van der Waals surface area contributed by atoms with Crippen molar-refractivity contribution in [2.45, 2.75) is 67.2 Å². The molecule has 1 aromatic heterocycles. The number of hydrogen-bond donors (Lipinski definition) is 1. The molecule has 3 aliphatic heterocycles. The zero-order valence-electron chi connectivity index (χ0n) is 20.5. The van der Waals surface area contributed by atoms with Gasteiger partial charge in [0.05, 0.1) is 24.9 Å². The van der Waals surface area contributed by atoms with Crippen LogP contribution in [0.3, 0.4) is 0 Å². The van der Waals surface area contributed by atoms with Crippen molar-refractivity contribution in [2.75, 3.05) is 19.6 Å². The fourth-order valence-electron chi connectivity index (χ4n) is 6.95. The molecule has 5 heteroatoms. The Labute approximate surface area is 213 Å². The van der Waals surface area contributed by atoms with Gasteiger partial charge in [-0.3, -0.25) is 0 Å². The number of benzene rings is 2. The highest BCUT2D eigenvalue weighted by molar-refractivity contribution is 8.00. The van der Waals surface area contributed by atoms with Gasteiger partial charge in [-0.25, -0.2) is 0 Å². The lowest BCUT2D eigenvalue weighted by Gasteiger charge is -2.52. The molecule has 1 saturated carbocycles. The van der Waals surface area contributed by atoms with Gasteiger partial charge in [0.15, 0.2) is 5.76 Å². The molecule has 4 nitrogen and oxygen atoms in total. The van der Waals surface area contributed by atoms with E-state index in [0.29, 0.717) is 10.9 Å². The molecule has 2 unspecified atom stereocenters. The Morgan fingerprint density at radius 1 is 0.914 bits per heavy atom. The lowest BCUT2D eigenvalue weighted by molar-refractivity contribution is -0.954. The Bertz CT molecular complexity index is 1100. The van der Waals surface area contributed by atoms with Crippen LogP contribution in [-0.2, 0) is 12.1 Å². The van der Waals surface area contributed by atoms with Crippen molar-refractivity contribution in [3.8, 4) is 0 Å². The quantitative estimate of drug-likeness (QED) is 0.391. The third kappa shape index (κ3) is 4.59. The van der Waals surface area contributed by atoms with Crippen LogP contribution in [0, 0.1) is 11.8 Å². The fourth-order valence-corrected chi connectivity index (χ4v) is 8.47. The van der Waals surface area contributed by atoms with Gasteiger partial charge in [-0.15, -0.1) is 11.8 Å². The molecule has 3 aromatic rings. The molecule has 0 spiro atoms. The topological polar surface area (TPSA) is 46.3 Å². The molecule has 3 saturated heterocycles. The first-order valence-electron chi connectivity index (χ1n) is 13.5. The van der Waals surface area contributed by atoms with Gasteiger partial charge in [-0.1, -0.05) is 73.0 Å². The number of piperidine rings is 3. The van der Waals surface area contributed by atoms with E-state index in [4.69, 9.17) is 4.52 Å². The molecule has 2 aromatic carbocycles. The van der Waals surface area contributed by atoms with Crippen molar-refractivity contribution in [3.05, 3.63) is 83.7 Å². The van der Waals surface area contributed by atoms with Crippen LogP contribution in [0.15, 0.2) is 76.1 Å². The Morgan fingerprint density at radius 3 is 2.31 bits per heavy atom. The Balaban J connectivity index is 1.24. The van der Waals surface area contributed by atoms with E-state index in [1.165, 1.54) is 56.6 Å². The van der Waals surface area contributed by atoms with Gasteiger partial charge in [-0.05, 0) is 42.4 Å². The molecule has 0 amide bonds. The summed E-state index contributed by atoms with van der Waals surface area (Å²) < 4.78 is 7.08. The first kappa shape index (κ1) is 23.3. The Kier molecular flexibility index (Phi) is 6.50. The summed E-state index contributed by atoms with van der Waals surface area (Å²) in [5, 5.41) is 17.4. The smallest absolute Gasteiger partial charge is 0.191 e. The van der Waals surface area contributed by atoms with Gasteiger partial charge in [0, 0.05) is 23.8 Å². The van der Waals surface area contributed by atoms with Crippen molar-refractivity contribution < 1.29 is 14.1 Å². The molecule has 2 atom stereocenters. The van der Waals surface area contributed by atoms with E-state index in [1.807, 2.05) is 30.3 Å². The first-order chi connectivity index (χ1) is 17.1. The molecule has 1 aliphatic carbocycles. The maximum Gasteiger partial charge on any atom is 0.191 e. The van der Waals surface area contributed by atoms with Crippen LogP contribution < -0.4 is 0 Å². The van der Waals surface area contributed by atoms with E-state index in [-0.39, 0.29) is 5.92 Å². The fraction of sp³-hybridized carbons (Fsp3) is 0.500. The van der Waals surface area contributed by atoms with Gasteiger partial charge in [0.2, 0.25) is 0 Å². The number of quaternary nitrogens is 1. The molecule has 0 radical (unpaired) electrons. The van der Waals surface area contributed by atoms with Crippen LogP contribution in [0.2, 0.25) is 0 Å². The summed E-state index contributed by atoms with van der Waals surface area (Å²) in [6.07, 6.45) is 8.26. The highest BCUT2D eigenvalue weighted by atomic mass is 32.2. The average Bonchev–Trinajstić information content (AvgIpc) is 3.39.